The molecular formula is C18H14F2N6O3. The SMILES string of the molecule is N#Cc1cn(CC2CN(c3ccc(N4C=CC(=O)CC4)c(F)c3F)C(=O)O2)nn1. The van der Waals surface area contributed by atoms with Crippen molar-refractivity contribution >= 4 is 23.3 Å². The predicted molar refractivity (Wildman–Crippen MR) is 94.8 cm³/mol. The lowest BCUT2D eigenvalue weighted by Gasteiger charge is -2.24. The van der Waals surface area contributed by atoms with Crippen LogP contribution in [0.1, 0.15) is 12.1 Å². The number of nitrogens with zero attached hydrogens (tertiary/aromatic N) is 6. The number of anilines is 2. The second-order valence-corrected chi connectivity index (χ2v) is 6.51. The van der Waals surface area contributed by atoms with E-state index in [-0.39, 0.29) is 48.9 Å². The van der Waals surface area contributed by atoms with Crippen LogP contribution >= 0.6 is 0 Å². The van der Waals surface area contributed by atoms with Gasteiger partial charge in [-0.3, -0.25) is 9.69 Å². The summed E-state index contributed by atoms with van der Waals surface area (Å²) >= 11 is 0. The fraction of sp³-hybridized carbons (Fsp3) is 0.278. The van der Waals surface area contributed by atoms with Crippen LogP contribution in [0.3, 0.4) is 0 Å². The smallest absolute Gasteiger partial charge is 0.414 e. The zero-order chi connectivity index (χ0) is 20.5. The molecule has 2 aliphatic rings. The van der Waals surface area contributed by atoms with Crippen molar-refractivity contribution in [1.29, 1.82) is 5.26 Å². The third-order valence-electron chi connectivity index (χ3n) is 4.60. The zero-order valence-electron chi connectivity index (χ0n) is 15.0. The number of benzene rings is 1. The summed E-state index contributed by atoms with van der Waals surface area (Å²) in [7, 11) is 0. The van der Waals surface area contributed by atoms with E-state index in [0.29, 0.717) is 0 Å². The summed E-state index contributed by atoms with van der Waals surface area (Å²) in [5.41, 5.74) is -0.152. The van der Waals surface area contributed by atoms with Gasteiger partial charge in [-0.15, -0.1) is 5.10 Å². The van der Waals surface area contributed by atoms with Gasteiger partial charge in [-0.1, -0.05) is 5.21 Å². The molecule has 29 heavy (non-hydrogen) atoms. The molecule has 4 rings (SSSR count). The first kappa shape index (κ1) is 18.5. The van der Waals surface area contributed by atoms with E-state index in [0.717, 1.165) is 4.90 Å². The number of cyclic esters (lactones) is 1. The van der Waals surface area contributed by atoms with Crippen LogP contribution in [0.2, 0.25) is 0 Å². The Kier molecular flexibility index (Phi) is 4.67. The lowest BCUT2D eigenvalue weighted by molar-refractivity contribution is -0.114. The van der Waals surface area contributed by atoms with Gasteiger partial charge in [0.25, 0.3) is 0 Å². The first-order valence-corrected chi connectivity index (χ1v) is 8.70. The minimum atomic E-state index is -1.18. The Balaban J connectivity index is 1.53. The van der Waals surface area contributed by atoms with Crippen molar-refractivity contribution in [3.05, 3.63) is 47.9 Å². The number of hydrogen-bond donors (Lipinski definition) is 0. The Hall–Kier alpha value is -3.81. The maximum Gasteiger partial charge on any atom is 0.414 e. The van der Waals surface area contributed by atoms with Crippen molar-refractivity contribution in [2.45, 2.75) is 19.1 Å². The van der Waals surface area contributed by atoms with Gasteiger partial charge in [0.05, 0.1) is 30.7 Å². The summed E-state index contributed by atoms with van der Waals surface area (Å²) in [6, 6.07) is 4.48. The maximum atomic E-state index is 14.7. The summed E-state index contributed by atoms with van der Waals surface area (Å²) < 4.78 is 35.9. The van der Waals surface area contributed by atoms with Crippen LogP contribution in [0.4, 0.5) is 25.0 Å². The molecule has 1 saturated heterocycles. The number of ether oxygens (including phenoxy) is 1. The summed E-state index contributed by atoms with van der Waals surface area (Å²) in [6.45, 7) is 0.335. The normalized spacial score (nSPS) is 18.9. The highest BCUT2D eigenvalue weighted by atomic mass is 19.2. The van der Waals surface area contributed by atoms with Gasteiger partial charge in [-0.25, -0.2) is 18.3 Å². The molecule has 9 nitrogen and oxygen atoms in total. The molecule has 1 unspecified atom stereocenters. The summed E-state index contributed by atoms with van der Waals surface area (Å²) in [4.78, 5) is 25.9. The minimum Gasteiger partial charge on any atom is -0.442 e. The Morgan fingerprint density at radius 1 is 1.24 bits per heavy atom. The molecule has 0 radical (unpaired) electrons. The van der Waals surface area contributed by atoms with Gasteiger partial charge in [0, 0.05) is 19.2 Å². The highest BCUT2D eigenvalue weighted by Crippen LogP contribution is 2.32. The van der Waals surface area contributed by atoms with Crippen LogP contribution in [-0.4, -0.2) is 46.1 Å². The van der Waals surface area contributed by atoms with Gasteiger partial charge in [-0.2, -0.15) is 5.26 Å². The predicted octanol–water partition coefficient (Wildman–Crippen LogP) is 1.75. The lowest BCUT2D eigenvalue weighted by atomic mass is 10.1. The second kappa shape index (κ2) is 7.31. The van der Waals surface area contributed by atoms with Crippen LogP contribution in [0.25, 0.3) is 0 Å². The maximum absolute atomic E-state index is 14.7. The van der Waals surface area contributed by atoms with E-state index < -0.39 is 23.8 Å². The van der Waals surface area contributed by atoms with Crippen molar-refractivity contribution in [2.24, 2.45) is 0 Å². The molecule has 2 aliphatic heterocycles. The number of halogens is 2. The molecule has 11 heteroatoms. The Morgan fingerprint density at radius 3 is 2.69 bits per heavy atom. The monoisotopic (exact) mass is 400 g/mol. The van der Waals surface area contributed by atoms with Crippen molar-refractivity contribution < 1.29 is 23.1 Å². The van der Waals surface area contributed by atoms with Gasteiger partial charge in [-0.05, 0) is 18.2 Å². The number of amides is 1. The van der Waals surface area contributed by atoms with E-state index in [4.69, 9.17) is 10.00 Å². The number of nitriles is 1. The molecule has 0 aliphatic carbocycles. The summed E-state index contributed by atoms with van der Waals surface area (Å²) in [6.07, 6.45) is 2.81. The molecule has 0 saturated carbocycles. The number of hydrogen-bond acceptors (Lipinski definition) is 7. The summed E-state index contributed by atoms with van der Waals surface area (Å²) in [5, 5.41) is 16.1. The fourth-order valence-corrected chi connectivity index (χ4v) is 3.18. The van der Waals surface area contributed by atoms with Gasteiger partial charge in [0.15, 0.2) is 23.1 Å². The van der Waals surface area contributed by atoms with Crippen LogP contribution in [-0.2, 0) is 16.1 Å². The molecule has 1 aromatic carbocycles. The third-order valence-corrected chi connectivity index (χ3v) is 4.60. The third kappa shape index (κ3) is 3.52. The molecule has 0 bridgehead atoms. The minimum absolute atomic E-state index is 0.0194. The molecule has 1 atom stereocenters. The Labute approximate surface area is 163 Å². The number of ketones is 1. The summed E-state index contributed by atoms with van der Waals surface area (Å²) in [5.74, 6) is -2.38. The van der Waals surface area contributed by atoms with Crippen LogP contribution < -0.4 is 9.80 Å². The lowest BCUT2D eigenvalue weighted by Crippen LogP contribution is -2.28. The highest BCUT2D eigenvalue weighted by molar-refractivity contribution is 5.92. The zero-order valence-corrected chi connectivity index (χ0v) is 15.0. The van der Waals surface area contributed by atoms with E-state index in [1.165, 1.54) is 40.2 Å². The number of rotatable bonds is 4. The average molecular weight is 400 g/mol. The van der Waals surface area contributed by atoms with E-state index in [9.17, 15) is 18.4 Å². The number of allylic oxidation sites excluding steroid dienone is 1. The molecule has 1 fully saturated rings. The number of carbonyl (C=O) groups is 2. The van der Waals surface area contributed by atoms with E-state index in [2.05, 4.69) is 10.3 Å². The highest BCUT2D eigenvalue weighted by Gasteiger charge is 2.35. The van der Waals surface area contributed by atoms with E-state index in [1.807, 2.05) is 6.07 Å². The van der Waals surface area contributed by atoms with Crippen molar-refractivity contribution in [3.8, 4) is 6.07 Å². The molecule has 1 amide bonds. The standard InChI is InChI=1S/C18H14F2N6O3/c19-16-14(24-5-3-12(27)4-6-24)1-2-15(17(16)20)26-10-13(29-18(26)28)9-25-8-11(7-21)22-23-25/h1-3,5,8,13H,4,6,9-10H2. The Bertz CT molecular complexity index is 1060. The van der Waals surface area contributed by atoms with Gasteiger partial charge in [0.1, 0.15) is 12.2 Å². The number of carbonyl (C=O) groups excluding carboxylic acids is 2. The molecule has 0 spiro atoms. The molecule has 1 aromatic heterocycles. The average Bonchev–Trinajstić information content (AvgIpc) is 3.31. The fourth-order valence-electron chi connectivity index (χ4n) is 3.18. The van der Waals surface area contributed by atoms with Crippen LogP contribution in [0, 0.1) is 23.0 Å². The van der Waals surface area contributed by atoms with Crippen LogP contribution in [0.15, 0.2) is 30.6 Å². The molecule has 148 valence electrons. The van der Waals surface area contributed by atoms with E-state index >= 15 is 0 Å². The number of aromatic nitrogens is 3. The van der Waals surface area contributed by atoms with Crippen molar-refractivity contribution in [2.75, 3.05) is 22.9 Å². The second-order valence-electron chi connectivity index (χ2n) is 6.51. The van der Waals surface area contributed by atoms with E-state index in [1.54, 1.807) is 0 Å². The van der Waals surface area contributed by atoms with Crippen molar-refractivity contribution in [3.63, 3.8) is 0 Å². The first-order chi connectivity index (χ1) is 14.0. The Morgan fingerprint density at radius 2 is 2.00 bits per heavy atom. The van der Waals surface area contributed by atoms with Gasteiger partial charge < -0.3 is 9.64 Å². The topological polar surface area (TPSA) is 104 Å². The van der Waals surface area contributed by atoms with Gasteiger partial charge >= 0.3 is 6.09 Å². The van der Waals surface area contributed by atoms with Crippen molar-refractivity contribution in [1.82, 2.24) is 15.0 Å². The molecular weight excluding hydrogens is 386 g/mol. The molecule has 0 N–H and O–H groups in total. The molecule has 3 heterocycles. The van der Waals surface area contributed by atoms with Crippen LogP contribution in [0.5, 0.6) is 0 Å². The first-order valence-electron chi connectivity index (χ1n) is 8.70. The van der Waals surface area contributed by atoms with Gasteiger partial charge in [0.2, 0.25) is 0 Å². The quantitative estimate of drug-likeness (QED) is 0.770. The molecule has 2 aromatic rings. The largest absolute Gasteiger partial charge is 0.442 e.